The van der Waals surface area contributed by atoms with Crippen LogP contribution in [0, 0.1) is 13.8 Å². The maximum absolute atomic E-state index is 5.92. The van der Waals surface area contributed by atoms with Crippen molar-refractivity contribution in [3.63, 3.8) is 0 Å². The van der Waals surface area contributed by atoms with Gasteiger partial charge in [0.05, 0.1) is 17.1 Å². The summed E-state index contributed by atoms with van der Waals surface area (Å²) >= 11 is 0. The minimum atomic E-state index is 0.302. The van der Waals surface area contributed by atoms with E-state index in [1.807, 2.05) is 18.2 Å². The number of pyridine rings is 1. The number of nitrogens with two attached hydrogens (primary N) is 2. The molecule has 0 amide bonds. The number of aromatic nitrogens is 1. The van der Waals surface area contributed by atoms with Gasteiger partial charge in [-0.3, -0.25) is 4.99 Å². The third kappa shape index (κ3) is 3.09. The molecule has 22 heavy (non-hydrogen) atoms. The van der Waals surface area contributed by atoms with Gasteiger partial charge in [0.1, 0.15) is 11.7 Å². The number of aliphatic imine (C=N–C) groups is 1. The zero-order chi connectivity index (χ0) is 16.3. The van der Waals surface area contributed by atoms with Gasteiger partial charge >= 0.3 is 0 Å². The largest absolute Gasteiger partial charge is 0.386 e. The number of hydrogen-bond donors (Lipinski definition) is 3. The smallest absolute Gasteiger partial charge is 0.143 e. The van der Waals surface area contributed by atoms with E-state index in [0.717, 1.165) is 22.4 Å². The molecule has 1 aromatic heterocycles. The van der Waals surface area contributed by atoms with Crippen LogP contribution in [0.2, 0.25) is 0 Å². The lowest BCUT2D eigenvalue weighted by atomic mass is 9.99. The van der Waals surface area contributed by atoms with Gasteiger partial charge in [0.25, 0.3) is 0 Å². The minimum Gasteiger partial charge on any atom is -0.386 e. The van der Waals surface area contributed by atoms with Crippen molar-refractivity contribution < 1.29 is 0 Å². The Kier molecular flexibility index (Phi) is 4.46. The van der Waals surface area contributed by atoms with E-state index in [9.17, 15) is 0 Å². The number of anilines is 1. The van der Waals surface area contributed by atoms with Crippen LogP contribution >= 0.6 is 0 Å². The van der Waals surface area contributed by atoms with Crippen LogP contribution in [0.15, 0.2) is 47.7 Å². The Morgan fingerprint density at radius 1 is 1.14 bits per heavy atom. The zero-order valence-electron chi connectivity index (χ0n) is 13.1. The fraction of sp³-hybridized carbons (Fsp3) is 0.176. The van der Waals surface area contributed by atoms with Crippen LogP contribution < -0.4 is 16.8 Å². The summed E-state index contributed by atoms with van der Waals surface area (Å²) in [6.07, 6.45) is 0. The van der Waals surface area contributed by atoms with Crippen molar-refractivity contribution in [1.82, 2.24) is 4.98 Å². The van der Waals surface area contributed by atoms with Crippen molar-refractivity contribution in [1.29, 1.82) is 0 Å². The highest BCUT2D eigenvalue weighted by Gasteiger charge is 2.13. The average Bonchev–Trinajstić information content (AvgIpc) is 2.46. The highest BCUT2D eigenvalue weighted by Crippen LogP contribution is 2.28. The molecule has 0 radical (unpaired) electrons. The lowest BCUT2D eigenvalue weighted by Gasteiger charge is -2.14. The van der Waals surface area contributed by atoms with Gasteiger partial charge in [0.2, 0.25) is 0 Å². The van der Waals surface area contributed by atoms with Crippen molar-refractivity contribution >= 4 is 11.7 Å². The van der Waals surface area contributed by atoms with Gasteiger partial charge in [-0.1, -0.05) is 24.8 Å². The molecular weight excluding hydrogens is 274 g/mol. The number of nitrogens with one attached hydrogen (secondary N) is 1. The molecular formula is C17H21N5. The van der Waals surface area contributed by atoms with Crippen LogP contribution in [-0.2, 0) is 0 Å². The fourth-order valence-electron chi connectivity index (χ4n) is 2.39. The lowest BCUT2D eigenvalue weighted by molar-refractivity contribution is 1.21. The van der Waals surface area contributed by atoms with Gasteiger partial charge in [0, 0.05) is 12.6 Å². The van der Waals surface area contributed by atoms with E-state index in [0.29, 0.717) is 23.0 Å². The number of nitrogens with zero attached hydrogens (tertiary/aromatic N) is 2. The van der Waals surface area contributed by atoms with Gasteiger partial charge in [-0.2, -0.15) is 0 Å². The van der Waals surface area contributed by atoms with E-state index in [4.69, 9.17) is 11.5 Å². The summed E-state index contributed by atoms with van der Waals surface area (Å²) in [6, 6.07) is 9.99. The van der Waals surface area contributed by atoms with E-state index in [1.54, 1.807) is 7.05 Å². The van der Waals surface area contributed by atoms with Crippen molar-refractivity contribution in [3.8, 4) is 11.3 Å². The van der Waals surface area contributed by atoms with Crippen LogP contribution in [0.25, 0.3) is 11.3 Å². The van der Waals surface area contributed by atoms with E-state index in [1.165, 1.54) is 0 Å². The summed E-state index contributed by atoms with van der Waals surface area (Å²) in [5, 5.41) is 2.95. The standard InChI is InChI=1S/C17H21N5/c1-10-6-5-7-11(2)15(10)14-9-8-13(16(19)20-4)17(22-14)21-12(3)18/h5-9H,3,18H2,1-2,4H3,(H2,19,20)(H,21,22). The summed E-state index contributed by atoms with van der Waals surface area (Å²) in [5.74, 6) is 1.25. The van der Waals surface area contributed by atoms with Gasteiger partial charge in [-0.25, -0.2) is 4.98 Å². The van der Waals surface area contributed by atoms with Crippen LogP contribution in [0.3, 0.4) is 0 Å². The second-order valence-corrected chi connectivity index (χ2v) is 5.12. The zero-order valence-corrected chi connectivity index (χ0v) is 13.1. The minimum absolute atomic E-state index is 0.302. The summed E-state index contributed by atoms with van der Waals surface area (Å²) in [4.78, 5) is 8.67. The van der Waals surface area contributed by atoms with E-state index in [2.05, 4.69) is 47.9 Å². The summed E-state index contributed by atoms with van der Waals surface area (Å²) < 4.78 is 0. The normalized spacial score (nSPS) is 11.3. The van der Waals surface area contributed by atoms with Crippen molar-refractivity contribution in [2.24, 2.45) is 16.5 Å². The number of benzene rings is 1. The molecule has 5 nitrogen and oxygen atoms in total. The third-order valence-corrected chi connectivity index (χ3v) is 3.43. The fourth-order valence-corrected chi connectivity index (χ4v) is 2.39. The maximum Gasteiger partial charge on any atom is 0.143 e. The Bertz CT molecular complexity index is 726. The van der Waals surface area contributed by atoms with Crippen LogP contribution in [-0.4, -0.2) is 17.9 Å². The molecule has 0 atom stereocenters. The molecule has 1 heterocycles. The third-order valence-electron chi connectivity index (χ3n) is 3.43. The van der Waals surface area contributed by atoms with Crippen molar-refractivity contribution in [3.05, 3.63) is 59.4 Å². The molecule has 114 valence electrons. The maximum atomic E-state index is 5.92. The topological polar surface area (TPSA) is 89.3 Å². The molecule has 1 aromatic carbocycles. The molecule has 0 saturated carbocycles. The van der Waals surface area contributed by atoms with Gasteiger partial charge < -0.3 is 16.8 Å². The molecule has 0 unspecified atom stereocenters. The van der Waals surface area contributed by atoms with Gasteiger partial charge in [-0.15, -0.1) is 0 Å². The summed E-state index contributed by atoms with van der Waals surface area (Å²) in [5.41, 5.74) is 16.6. The SMILES string of the molecule is C=C(N)Nc1nc(-c2c(C)cccc2C)ccc1C(N)=NC. The molecule has 0 bridgehead atoms. The average molecular weight is 295 g/mol. The predicted molar refractivity (Wildman–Crippen MR) is 92.7 cm³/mol. The van der Waals surface area contributed by atoms with Crippen LogP contribution in [0.5, 0.6) is 0 Å². The number of hydrogen-bond acceptors (Lipinski definition) is 4. The van der Waals surface area contributed by atoms with Gasteiger partial charge in [-0.05, 0) is 37.1 Å². The Hall–Kier alpha value is -2.82. The highest BCUT2D eigenvalue weighted by molar-refractivity contribution is 6.02. The molecule has 5 N–H and O–H groups in total. The molecule has 0 aliphatic heterocycles. The van der Waals surface area contributed by atoms with E-state index in [-0.39, 0.29) is 0 Å². The summed E-state index contributed by atoms with van der Waals surface area (Å²) in [7, 11) is 1.63. The number of rotatable bonds is 4. The molecule has 5 heteroatoms. The van der Waals surface area contributed by atoms with Crippen LogP contribution in [0.1, 0.15) is 16.7 Å². The Balaban J connectivity index is 2.63. The van der Waals surface area contributed by atoms with E-state index >= 15 is 0 Å². The number of aryl methyl sites for hydroxylation is 2. The Labute approximate surface area is 130 Å². The predicted octanol–water partition coefficient (Wildman–Crippen LogP) is 2.54. The first kappa shape index (κ1) is 15.6. The summed E-state index contributed by atoms with van der Waals surface area (Å²) in [6.45, 7) is 7.79. The van der Waals surface area contributed by atoms with Crippen molar-refractivity contribution in [2.45, 2.75) is 13.8 Å². The monoisotopic (exact) mass is 295 g/mol. The first-order chi connectivity index (χ1) is 10.4. The van der Waals surface area contributed by atoms with E-state index < -0.39 is 0 Å². The second kappa shape index (κ2) is 6.30. The first-order valence-corrected chi connectivity index (χ1v) is 6.95. The Morgan fingerprint density at radius 3 is 2.32 bits per heavy atom. The molecule has 0 saturated heterocycles. The lowest BCUT2D eigenvalue weighted by Crippen LogP contribution is -2.18. The molecule has 0 aliphatic rings. The van der Waals surface area contributed by atoms with Crippen LogP contribution in [0.4, 0.5) is 5.82 Å². The van der Waals surface area contributed by atoms with Crippen molar-refractivity contribution in [2.75, 3.05) is 12.4 Å². The first-order valence-electron chi connectivity index (χ1n) is 6.95. The molecule has 0 aliphatic carbocycles. The second-order valence-electron chi connectivity index (χ2n) is 5.12. The number of amidine groups is 1. The highest BCUT2D eigenvalue weighted by atomic mass is 15.1. The quantitative estimate of drug-likeness (QED) is 0.597. The Morgan fingerprint density at radius 2 is 1.77 bits per heavy atom. The van der Waals surface area contributed by atoms with Gasteiger partial charge in [0.15, 0.2) is 0 Å². The molecule has 0 spiro atoms. The molecule has 0 fully saturated rings. The molecule has 2 aromatic rings. The molecule has 2 rings (SSSR count).